The molecule has 0 atom stereocenters. The van der Waals surface area contributed by atoms with E-state index in [1.54, 1.807) is 11.3 Å². The first-order valence-electron chi connectivity index (χ1n) is 5.53. The van der Waals surface area contributed by atoms with Crippen LogP contribution in [0, 0.1) is 6.92 Å². The largest absolute Gasteiger partial charge is 0.380 e. The van der Waals surface area contributed by atoms with Crippen molar-refractivity contribution >= 4 is 27.9 Å². The zero-order chi connectivity index (χ0) is 11.7. The smallest absolute Gasteiger partial charge is 0.0651 e. The highest BCUT2D eigenvalue weighted by Gasteiger charge is 2.01. The van der Waals surface area contributed by atoms with Crippen LogP contribution in [-0.2, 0) is 6.54 Å². The first kappa shape index (κ1) is 10.4. The van der Waals surface area contributed by atoms with Crippen molar-refractivity contribution in [2.75, 3.05) is 5.32 Å². The third kappa shape index (κ3) is 2.03. The maximum absolute atomic E-state index is 4.02. The summed E-state index contributed by atoms with van der Waals surface area (Å²) in [6.45, 7) is 3.03. The third-order valence-corrected chi connectivity index (χ3v) is 3.88. The van der Waals surface area contributed by atoms with E-state index in [-0.39, 0.29) is 0 Å². The van der Waals surface area contributed by atoms with Gasteiger partial charge in [0.1, 0.15) is 0 Å². The topological polar surface area (TPSA) is 40.7 Å². The summed E-state index contributed by atoms with van der Waals surface area (Å²) in [6.07, 6.45) is 1.84. The Morgan fingerprint density at radius 3 is 3.12 bits per heavy atom. The summed E-state index contributed by atoms with van der Waals surface area (Å²) in [5.74, 6) is 0. The molecule has 2 N–H and O–H groups in total. The summed E-state index contributed by atoms with van der Waals surface area (Å²) < 4.78 is 0. The second kappa shape index (κ2) is 4.22. The molecule has 2 heterocycles. The number of benzene rings is 1. The molecule has 3 aromatic rings. The van der Waals surface area contributed by atoms with Crippen LogP contribution in [0.25, 0.3) is 10.9 Å². The lowest BCUT2D eigenvalue weighted by Crippen LogP contribution is -1.98. The molecule has 1 aromatic carbocycles. The number of hydrogen-bond acceptors (Lipinski definition) is 3. The lowest BCUT2D eigenvalue weighted by atomic mass is 10.2. The Morgan fingerprint density at radius 2 is 2.29 bits per heavy atom. The highest BCUT2D eigenvalue weighted by atomic mass is 32.1. The van der Waals surface area contributed by atoms with Gasteiger partial charge in [0.15, 0.2) is 0 Å². The van der Waals surface area contributed by atoms with Gasteiger partial charge in [-0.1, -0.05) is 0 Å². The summed E-state index contributed by atoms with van der Waals surface area (Å²) in [5, 5.41) is 13.7. The van der Waals surface area contributed by atoms with Crippen molar-refractivity contribution in [3.05, 3.63) is 46.3 Å². The van der Waals surface area contributed by atoms with E-state index < -0.39 is 0 Å². The maximum atomic E-state index is 4.02. The van der Waals surface area contributed by atoms with Crippen molar-refractivity contribution in [3.63, 3.8) is 0 Å². The average Bonchev–Trinajstić information content (AvgIpc) is 2.94. The van der Waals surface area contributed by atoms with E-state index in [2.05, 4.69) is 46.0 Å². The van der Waals surface area contributed by atoms with Crippen molar-refractivity contribution in [2.45, 2.75) is 13.5 Å². The van der Waals surface area contributed by atoms with Gasteiger partial charge in [0.2, 0.25) is 0 Å². The quantitative estimate of drug-likeness (QED) is 0.738. The Labute approximate surface area is 103 Å². The highest BCUT2D eigenvalue weighted by molar-refractivity contribution is 7.10. The number of H-pyrrole nitrogens is 1. The fourth-order valence-corrected chi connectivity index (χ4v) is 2.67. The number of nitrogens with one attached hydrogen (secondary N) is 2. The van der Waals surface area contributed by atoms with E-state index >= 15 is 0 Å². The fourth-order valence-electron chi connectivity index (χ4n) is 1.82. The Kier molecular flexibility index (Phi) is 2.57. The van der Waals surface area contributed by atoms with Gasteiger partial charge in [0.25, 0.3) is 0 Å². The van der Waals surface area contributed by atoms with Gasteiger partial charge in [0.05, 0.1) is 11.7 Å². The van der Waals surface area contributed by atoms with Gasteiger partial charge in [-0.15, -0.1) is 11.3 Å². The molecule has 0 radical (unpaired) electrons. The molecule has 0 aliphatic carbocycles. The summed E-state index contributed by atoms with van der Waals surface area (Å²) in [6, 6.07) is 8.39. The zero-order valence-corrected chi connectivity index (χ0v) is 10.3. The van der Waals surface area contributed by atoms with Crippen LogP contribution in [0.3, 0.4) is 0 Å². The van der Waals surface area contributed by atoms with Crippen LogP contribution in [-0.4, -0.2) is 10.2 Å². The van der Waals surface area contributed by atoms with E-state index in [0.29, 0.717) is 0 Å². The number of aromatic amines is 1. The summed E-state index contributed by atoms with van der Waals surface area (Å²) >= 11 is 1.79. The molecule has 0 saturated heterocycles. The van der Waals surface area contributed by atoms with E-state index in [0.717, 1.165) is 23.1 Å². The molecule has 86 valence electrons. The molecule has 2 aromatic heterocycles. The minimum absolute atomic E-state index is 0.882. The first-order valence-corrected chi connectivity index (χ1v) is 6.41. The van der Waals surface area contributed by atoms with Gasteiger partial charge in [-0.05, 0) is 42.1 Å². The minimum Gasteiger partial charge on any atom is -0.380 e. The highest BCUT2D eigenvalue weighted by Crippen LogP contribution is 2.20. The first-order chi connectivity index (χ1) is 8.33. The van der Waals surface area contributed by atoms with Crippen LogP contribution < -0.4 is 5.32 Å². The van der Waals surface area contributed by atoms with Gasteiger partial charge < -0.3 is 5.32 Å². The average molecular weight is 243 g/mol. The Morgan fingerprint density at radius 1 is 1.35 bits per heavy atom. The van der Waals surface area contributed by atoms with Crippen molar-refractivity contribution in [1.29, 1.82) is 0 Å². The summed E-state index contributed by atoms with van der Waals surface area (Å²) in [7, 11) is 0. The molecule has 0 amide bonds. The van der Waals surface area contributed by atoms with Crippen LogP contribution in [0.2, 0.25) is 0 Å². The molecule has 0 spiro atoms. The van der Waals surface area contributed by atoms with E-state index in [9.17, 15) is 0 Å². The molecule has 0 bridgehead atoms. The SMILES string of the molecule is Cc1ccsc1CNc1ccc2[nH]ncc2c1. The molecular formula is C13H13N3S. The molecule has 0 aliphatic heterocycles. The monoisotopic (exact) mass is 243 g/mol. The Bertz CT molecular complexity index is 639. The third-order valence-electron chi connectivity index (χ3n) is 2.86. The van der Waals surface area contributed by atoms with Crippen LogP contribution >= 0.6 is 11.3 Å². The van der Waals surface area contributed by atoms with Crippen LogP contribution in [0.1, 0.15) is 10.4 Å². The lowest BCUT2D eigenvalue weighted by molar-refractivity contribution is 1.12. The number of thiophene rings is 1. The maximum Gasteiger partial charge on any atom is 0.0651 e. The fraction of sp³-hybridized carbons (Fsp3) is 0.154. The van der Waals surface area contributed by atoms with Crippen molar-refractivity contribution in [2.24, 2.45) is 0 Å². The number of anilines is 1. The van der Waals surface area contributed by atoms with Gasteiger partial charge in [0, 0.05) is 22.5 Å². The number of fused-ring (bicyclic) bond motifs is 1. The van der Waals surface area contributed by atoms with Gasteiger partial charge in [-0.2, -0.15) is 5.10 Å². The predicted octanol–water partition coefficient (Wildman–Crippen LogP) is 3.54. The Balaban J connectivity index is 1.78. The number of nitrogens with zero attached hydrogens (tertiary/aromatic N) is 1. The van der Waals surface area contributed by atoms with Crippen LogP contribution in [0.5, 0.6) is 0 Å². The lowest BCUT2D eigenvalue weighted by Gasteiger charge is -2.05. The minimum atomic E-state index is 0.882. The van der Waals surface area contributed by atoms with E-state index in [1.165, 1.54) is 10.4 Å². The van der Waals surface area contributed by atoms with Crippen molar-refractivity contribution in [1.82, 2.24) is 10.2 Å². The van der Waals surface area contributed by atoms with E-state index in [1.807, 2.05) is 12.3 Å². The Hall–Kier alpha value is -1.81. The van der Waals surface area contributed by atoms with Crippen molar-refractivity contribution in [3.8, 4) is 0 Å². The molecule has 0 saturated carbocycles. The zero-order valence-electron chi connectivity index (χ0n) is 9.53. The standard InChI is InChI=1S/C13H13N3S/c1-9-4-5-17-13(9)8-14-11-2-3-12-10(6-11)7-15-16-12/h2-7,14H,8H2,1H3,(H,15,16). The number of aryl methyl sites for hydroxylation is 1. The molecule has 17 heavy (non-hydrogen) atoms. The molecule has 4 heteroatoms. The van der Waals surface area contributed by atoms with Crippen LogP contribution in [0.15, 0.2) is 35.8 Å². The molecular weight excluding hydrogens is 230 g/mol. The van der Waals surface area contributed by atoms with Gasteiger partial charge in [-0.25, -0.2) is 0 Å². The molecule has 0 aliphatic rings. The van der Waals surface area contributed by atoms with Crippen LogP contribution in [0.4, 0.5) is 5.69 Å². The normalized spacial score (nSPS) is 10.9. The number of rotatable bonds is 3. The van der Waals surface area contributed by atoms with Crippen molar-refractivity contribution < 1.29 is 0 Å². The number of hydrogen-bond donors (Lipinski definition) is 2. The molecule has 0 unspecified atom stereocenters. The number of aromatic nitrogens is 2. The predicted molar refractivity (Wildman–Crippen MR) is 72.5 cm³/mol. The summed E-state index contributed by atoms with van der Waals surface area (Å²) in [5.41, 5.74) is 3.56. The van der Waals surface area contributed by atoms with Gasteiger partial charge in [-0.3, -0.25) is 5.10 Å². The molecule has 3 rings (SSSR count). The second-order valence-corrected chi connectivity index (χ2v) is 5.05. The van der Waals surface area contributed by atoms with E-state index in [4.69, 9.17) is 0 Å². The summed E-state index contributed by atoms with van der Waals surface area (Å²) in [4.78, 5) is 1.39. The molecule has 0 fully saturated rings. The van der Waals surface area contributed by atoms with Gasteiger partial charge >= 0.3 is 0 Å². The molecule has 3 nitrogen and oxygen atoms in total. The second-order valence-electron chi connectivity index (χ2n) is 4.05.